The van der Waals surface area contributed by atoms with Crippen LogP contribution in [0.2, 0.25) is 0 Å². The van der Waals surface area contributed by atoms with Crippen molar-refractivity contribution < 1.29 is 19.4 Å². The summed E-state index contributed by atoms with van der Waals surface area (Å²) in [6.45, 7) is 0. The van der Waals surface area contributed by atoms with Crippen LogP contribution >= 0.6 is 24.0 Å². The molecule has 0 saturated carbocycles. The van der Waals surface area contributed by atoms with Crippen molar-refractivity contribution in [3.63, 3.8) is 0 Å². The molecule has 7 heteroatoms. The van der Waals surface area contributed by atoms with Gasteiger partial charge in [0.25, 0.3) is 5.91 Å². The van der Waals surface area contributed by atoms with Crippen molar-refractivity contribution in [3.8, 4) is 5.75 Å². The van der Waals surface area contributed by atoms with Gasteiger partial charge in [-0.05, 0) is 29.3 Å². The van der Waals surface area contributed by atoms with E-state index < -0.39 is 17.9 Å². The molecule has 1 aliphatic heterocycles. The molecule has 1 fully saturated rings. The van der Waals surface area contributed by atoms with Crippen LogP contribution in [0.5, 0.6) is 5.75 Å². The second-order valence-corrected chi connectivity index (χ2v) is 7.55. The Hall–Kier alpha value is -2.64. The van der Waals surface area contributed by atoms with E-state index in [1.807, 2.05) is 48.5 Å². The Balaban J connectivity index is 1.87. The van der Waals surface area contributed by atoms with Crippen LogP contribution < -0.4 is 4.74 Å². The Labute approximate surface area is 166 Å². The van der Waals surface area contributed by atoms with Gasteiger partial charge in [-0.25, -0.2) is 4.79 Å². The lowest BCUT2D eigenvalue weighted by molar-refractivity contribution is -0.145. The third-order valence-corrected chi connectivity index (χ3v) is 5.41. The van der Waals surface area contributed by atoms with Gasteiger partial charge in [0.2, 0.25) is 0 Å². The number of thioether (sulfide) groups is 1. The maximum absolute atomic E-state index is 12.9. The van der Waals surface area contributed by atoms with Crippen LogP contribution in [-0.4, -0.2) is 39.4 Å². The van der Waals surface area contributed by atoms with Crippen molar-refractivity contribution in [2.75, 3.05) is 7.11 Å². The average molecular weight is 399 g/mol. The largest absolute Gasteiger partial charge is 0.497 e. The van der Waals surface area contributed by atoms with E-state index in [0.29, 0.717) is 10.7 Å². The first-order valence-electron chi connectivity index (χ1n) is 8.17. The summed E-state index contributed by atoms with van der Waals surface area (Å²) in [4.78, 5) is 26.3. The minimum atomic E-state index is -1.09. The molecule has 0 aliphatic carbocycles. The van der Waals surface area contributed by atoms with E-state index in [-0.39, 0.29) is 10.7 Å². The lowest BCUT2D eigenvalue weighted by Gasteiger charge is -2.23. The van der Waals surface area contributed by atoms with E-state index in [0.717, 1.165) is 22.9 Å². The number of nitrogens with zero attached hydrogens (tertiary/aromatic N) is 1. The number of carbonyl (C=O) groups is 2. The number of thiocarbonyl (C=S) groups is 1. The quantitative estimate of drug-likeness (QED) is 0.591. The fourth-order valence-electron chi connectivity index (χ4n) is 2.76. The maximum atomic E-state index is 12.9. The molecule has 2 aromatic rings. The van der Waals surface area contributed by atoms with Crippen molar-refractivity contribution in [2.45, 2.75) is 12.5 Å². The van der Waals surface area contributed by atoms with Crippen molar-refractivity contribution in [2.24, 2.45) is 0 Å². The van der Waals surface area contributed by atoms with Gasteiger partial charge in [-0.1, -0.05) is 66.4 Å². The Morgan fingerprint density at radius 1 is 1.26 bits per heavy atom. The van der Waals surface area contributed by atoms with Crippen molar-refractivity contribution in [3.05, 3.63) is 70.6 Å². The van der Waals surface area contributed by atoms with E-state index in [9.17, 15) is 14.7 Å². The molecular formula is C20H17NO4S2. The lowest BCUT2D eigenvalue weighted by atomic mass is 10.0. The van der Waals surface area contributed by atoms with Gasteiger partial charge in [0.1, 0.15) is 16.1 Å². The number of aliphatic carboxylic acids is 1. The first kappa shape index (κ1) is 19.1. The molecule has 3 rings (SSSR count). The van der Waals surface area contributed by atoms with Crippen molar-refractivity contribution in [1.29, 1.82) is 0 Å². The van der Waals surface area contributed by atoms with Crippen LogP contribution in [0.4, 0.5) is 0 Å². The highest BCUT2D eigenvalue weighted by molar-refractivity contribution is 8.26. The summed E-state index contributed by atoms with van der Waals surface area (Å²) in [5.41, 5.74) is 1.61. The number of carboxylic acids is 1. The smallest absolute Gasteiger partial charge is 0.327 e. The fourth-order valence-corrected chi connectivity index (χ4v) is 4.11. The standard InChI is InChI=1S/C20H17NO4S2/c1-25-15-9-5-8-14(10-15)12-17-18(22)21(20(26)27-17)16(19(23)24)11-13-6-3-2-4-7-13/h2-10,12,16H,11H2,1H3,(H,23,24). The Morgan fingerprint density at radius 2 is 2.00 bits per heavy atom. The Morgan fingerprint density at radius 3 is 2.67 bits per heavy atom. The van der Waals surface area contributed by atoms with E-state index >= 15 is 0 Å². The van der Waals surface area contributed by atoms with E-state index in [4.69, 9.17) is 17.0 Å². The molecule has 0 radical (unpaired) electrons. The van der Waals surface area contributed by atoms with Gasteiger partial charge in [-0.3, -0.25) is 9.69 Å². The molecular weight excluding hydrogens is 382 g/mol. The average Bonchev–Trinajstić information content (AvgIpc) is 2.94. The number of hydrogen-bond donors (Lipinski definition) is 1. The summed E-state index contributed by atoms with van der Waals surface area (Å²) >= 11 is 6.42. The van der Waals surface area contributed by atoms with E-state index in [1.54, 1.807) is 19.3 Å². The van der Waals surface area contributed by atoms with Crippen LogP contribution in [-0.2, 0) is 16.0 Å². The van der Waals surface area contributed by atoms with Crippen LogP contribution in [0.3, 0.4) is 0 Å². The zero-order chi connectivity index (χ0) is 19.4. The molecule has 5 nitrogen and oxygen atoms in total. The van der Waals surface area contributed by atoms with Gasteiger partial charge < -0.3 is 9.84 Å². The zero-order valence-corrected chi connectivity index (χ0v) is 16.1. The zero-order valence-electron chi connectivity index (χ0n) is 14.5. The van der Waals surface area contributed by atoms with Crippen LogP contribution in [0.1, 0.15) is 11.1 Å². The summed E-state index contributed by atoms with van der Waals surface area (Å²) in [5.74, 6) is -0.805. The molecule has 0 spiro atoms. The van der Waals surface area contributed by atoms with E-state index in [1.165, 1.54) is 4.90 Å². The summed E-state index contributed by atoms with van der Waals surface area (Å²) in [5, 5.41) is 9.68. The van der Waals surface area contributed by atoms with Gasteiger partial charge in [-0.15, -0.1) is 0 Å². The summed E-state index contributed by atoms with van der Waals surface area (Å²) in [6, 6.07) is 15.4. The van der Waals surface area contributed by atoms with Gasteiger partial charge in [0, 0.05) is 6.42 Å². The second kappa shape index (κ2) is 8.37. The lowest BCUT2D eigenvalue weighted by Crippen LogP contribution is -2.45. The normalized spacial score (nSPS) is 16.6. The third kappa shape index (κ3) is 4.37. The monoisotopic (exact) mass is 399 g/mol. The molecule has 0 aromatic heterocycles. The number of ether oxygens (including phenoxy) is 1. The molecule has 1 atom stereocenters. The highest BCUT2D eigenvalue weighted by Gasteiger charge is 2.40. The highest BCUT2D eigenvalue weighted by atomic mass is 32.2. The molecule has 1 unspecified atom stereocenters. The molecule has 1 saturated heterocycles. The molecule has 0 bridgehead atoms. The molecule has 1 aliphatic rings. The van der Waals surface area contributed by atoms with Gasteiger partial charge >= 0.3 is 5.97 Å². The van der Waals surface area contributed by atoms with Crippen LogP contribution in [0.25, 0.3) is 6.08 Å². The minimum absolute atomic E-state index is 0.190. The van der Waals surface area contributed by atoms with Crippen molar-refractivity contribution in [1.82, 2.24) is 4.90 Å². The molecule has 27 heavy (non-hydrogen) atoms. The second-order valence-electron chi connectivity index (χ2n) is 5.87. The van der Waals surface area contributed by atoms with Gasteiger partial charge in [0.05, 0.1) is 12.0 Å². The number of rotatable bonds is 6. The Kier molecular flexibility index (Phi) is 5.93. The topological polar surface area (TPSA) is 66.8 Å². The fraction of sp³-hybridized carbons (Fsp3) is 0.150. The highest BCUT2D eigenvalue weighted by Crippen LogP contribution is 2.35. The van der Waals surface area contributed by atoms with E-state index in [2.05, 4.69) is 0 Å². The van der Waals surface area contributed by atoms with Gasteiger partial charge in [-0.2, -0.15) is 0 Å². The van der Waals surface area contributed by atoms with Crippen LogP contribution in [0.15, 0.2) is 59.5 Å². The Bertz CT molecular complexity index is 911. The van der Waals surface area contributed by atoms with Crippen molar-refractivity contribution >= 4 is 46.3 Å². The summed E-state index contributed by atoms with van der Waals surface area (Å²) in [7, 11) is 1.57. The number of hydrogen-bond acceptors (Lipinski definition) is 5. The molecule has 2 aromatic carbocycles. The maximum Gasteiger partial charge on any atom is 0.327 e. The number of methoxy groups -OCH3 is 1. The minimum Gasteiger partial charge on any atom is -0.497 e. The third-order valence-electron chi connectivity index (χ3n) is 4.08. The summed E-state index contributed by atoms with van der Waals surface area (Å²) < 4.78 is 5.44. The number of carboxylic acid groups (broad SMARTS) is 1. The van der Waals surface area contributed by atoms with Gasteiger partial charge in [0.15, 0.2) is 0 Å². The number of carbonyl (C=O) groups excluding carboxylic acids is 1. The predicted octanol–water partition coefficient (Wildman–Crippen LogP) is 3.59. The first-order chi connectivity index (χ1) is 13.0. The number of amides is 1. The molecule has 1 amide bonds. The first-order valence-corrected chi connectivity index (χ1v) is 9.40. The molecule has 138 valence electrons. The summed E-state index contributed by atoms with van der Waals surface area (Å²) in [6.07, 6.45) is 1.89. The molecule has 1 heterocycles. The number of benzene rings is 2. The predicted molar refractivity (Wildman–Crippen MR) is 110 cm³/mol. The molecule has 1 N–H and O–H groups in total. The van der Waals surface area contributed by atoms with Crippen LogP contribution in [0, 0.1) is 0 Å². The SMILES string of the molecule is COc1cccc(C=C2SC(=S)N(C(Cc3ccccc3)C(=O)O)C2=O)c1.